The molecule has 5 nitrogen and oxygen atoms in total. The first-order chi connectivity index (χ1) is 11.2. The Morgan fingerprint density at radius 2 is 2.35 bits per heavy atom. The molecule has 2 aromatic rings. The van der Waals surface area contributed by atoms with E-state index in [1.54, 1.807) is 11.3 Å². The molecule has 6 heteroatoms. The Labute approximate surface area is 139 Å². The highest BCUT2D eigenvalue weighted by atomic mass is 32.1. The van der Waals surface area contributed by atoms with Crippen molar-refractivity contribution in [1.29, 1.82) is 0 Å². The van der Waals surface area contributed by atoms with Crippen molar-refractivity contribution >= 4 is 17.2 Å². The number of nitrogens with one attached hydrogen (secondary N) is 1. The number of aryl methyl sites for hydroxylation is 1. The summed E-state index contributed by atoms with van der Waals surface area (Å²) >= 11 is 1.61. The first kappa shape index (κ1) is 14.9. The Morgan fingerprint density at radius 3 is 3.09 bits per heavy atom. The summed E-state index contributed by atoms with van der Waals surface area (Å²) in [4.78, 5) is 19.3. The lowest BCUT2D eigenvalue weighted by atomic mass is 10.2. The fraction of sp³-hybridized carbons (Fsp3) is 0.529. The summed E-state index contributed by atoms with van der Waals surface area (Å²) in [5.41, 5.74) is 1.71. The molecule has 2 aliphatic rings. The van der Waals surface area contributed by atoms with Gasteiger partial charge in [-0.2, -0.15) is 11.3 Å². The number of rotatable bonds is 5. The van der Waals surface area contributed by atoms with Gasteiger partial charge in [-0.25, -0.2) is 4.98 Å². The minimum atomic E-state index is 0.0425. The lowest BCUT2D eigenvalue weighted by Gasteiger charge is -2.15. The first-order valence-electron chi connectivity index (χ1n) is 8.21. The van der Waals surface area contributed by atoms with Crippen molar-refractivity contribution in [3.8, 4) is 11.5 Å². The molecule has 1 N–H and O–H groups in total. The maximum atomic E-state index is 12.3. The molecule has 2 fully saturated rings. The van der Waals surface area contributed by atoms with Crippen LogP contribution in [0.25, 0.3) is 11.5 Å². The molecule has 23 heavy (non-hydrogen) atoms. The number of aromatic nitrogens is 1. The maximum absolute atomic E-state index is 12.3. The number of nitrogens with zero attached hydrogens (tertiary/aromatic N) is 2. The number of thiophene rings is 1. The predicted octanol–water partition coefficient (Wildman–Crippen LogP) is 2.61. The largest absolute Gasteiger partial charge is 0.441 e. The van der Waals surface area contributed by atoms with Gasteiger partial charge in [0.05, 0.1) is 12.1 Å². The molecular weight excluding hydrogens is 310 g/mol. The highest BCUT2D eigenvalue weighted by molar-refractivity contribution is 7.08. The van der Waals surface area contributed by atoms with Crippen LogP contribution >= 0.6 is 11.3 Å². The molecule has 2 aromatic heterocycles. The maximum Gasteiger partial charge on any atom is 0.227 e. The third kappa shape index (κ3) is 3.33. The van der Waals surface area contributed by atoms with E-state index in [2.05, 4.69) is 15.2 Å². The molecule has 1 saturated carbocycles. The van der Waals surface area contributed by atoms with Crippen molar-refractivity contribution in [2.75, 3.05) is 13.1 Å². The number of carbonyl (C=O) groups excluding carboxylic acids is 1. The van der Waals surface area contributed by atoms with Crippen LogP contribution < -0.4 is 5.32 Å². The molecule has 1 aliphatic carbocycles. The molecule has 1 saturated heterocycles. The standard InChI is InChI=1S/C17H21N3O2S/c1-11-15(19-17(22-11)12-5-7-23-10-12)8-16(21)18-13-4-6-20(9-13)14-2-3-14/h5,7,10,13-14H,2-4,6,8-9H2,1H3,(H,18,21)/t13-/m1/s1. The number of amides is 1. The quantitative estimate of drug-likeness (QED) is 0.915. The van der Waals surface area contributed by atoms with Gasteiger partial charge in [-0.15, -0.1) is 0 Å². The number of oxazole rings is 1. The van der Waals surface area contributed by atoms with E-state index < -0.39 is 0 Å². The van der Waals surface area contributed by atoms with Gasteiger partial charge in [-0.1, -0.05) is 0 Å². The summed E-state index contributed by atoms with van der Waals surface area (Å²) in [6.45, 7) is 3.98. The number of likely N-dealkylation sites (tertiary alicyclic amines) is 1. The van der Waals surface area contributed by atoms with Crippen LogP contribution in [0.15, 0.2) is 21.2 Å². The fourth-order valence-corrected chi connectivity index (χ4v) is 3.84. The van der Waals surface area contributed by atoms with E-state index in [0.29, 0.717) is 12.3 Å². The monoisotopic (exact) mass is 331 g/mol. The van der Waals surface area contributed by atoms with E-state index in [1.807, 2.05) is 23.8 Å². The van der Waals surface area contributed by atoms with Gasteiger partial charge >= 0.3 is 0 Å². The Kier molecular flexibility index (Phi) is 3.95. The Hall–Kier alpha value is -1.66. The molecule has 122 valence electrons. The first-order valence-corrected chi connectivity index (χ1v) is 9.15. The van der Waals surface area contributed by atoms with Crippen LogP contribution in [0.1, 0.15) is 30.7 Å². The molecule has 0 spiro atoms. The van der Waals surface area contributed by atoms with Crippen LogP contribution in [0, 0.1) is 6.92 Å². The van der Waals surface area contributed by atoms with Crippen molar-refractivity contribution in [2.45, 2.75) is 44.7 Å². The Bertz CT molecular complexity index is 691. The van der Waals surface area contributed by atoms with E-state index in [1.165, 1.54) is 12.8 Å². The fourth-order valence-electron chi connectivity index (χ4n) is 3.21. The molecule has 0 unspecified atom stereocenters. The topological polar surface area (TPSA) is 58.4 Å². The minimum absolute atomic E-state index is 0.0425. The van der Waals surface area contributed by atoms with E-state index >= 15 is 0 Å². The van der Waals surface area contributed by atoms with Gasteiger partial charge in [0.2, 0.25) is 11.8 Å². The Balaban J connectivity index is 1.35. The second kappa shape index (κ2) is 6.09. The average Bonchev–Trinajstić information content (AvgIpc) is 2.92. The third-order valence-corrected chi connectivity index (χ3v) is 5.32. The molecule has 1 aliphatic heterocycles. The molecule has 4 rings (SSSR count). The number of hydrogen-bond acceptors (Lipinski definition) is 5. The van der Waals surface area contributed by atoms with Crippen molar-refractivity contribution in [3.05, 3.63) is 28.3 Å². The molecule has 0 radical (unpaired) electrons. The zero-order chi connectivity index (χ0) is 15.8. The Morgan fingerprint density at radius 1 is 1.48 bits per heavy atom. The lowest BCUT2D eigenvalue weighted by molar-refractivity contribution is -0.121. The summed E-state index contributed by atoms with van der Waals surface area (Å²) in [6.07, 6.45) is 3.99. The summed E-state index contributed by atoms with van der Waals surface area (Å²) in [5, 5.41) is 7.14. The SMILES string of the molecule is Cc1oc(-c2ccsc2)nc1CC(=O)N[C@@H]1CCN(C2CC2)C1. The molecule has 0 aromatic carbocycles. The van der Waals surface area contributed by atoms with Gasteiger partial charge in [-0.05, 0) is 37.6 Å². The molecular formula is C17H21N3O2S. The van der Waals surface area contributed by atoms with E-state index in [0.717, 1.165) is 42.6 Å². The lowest BCUT2D eigenvalue weighted by Crippen LogP contribution is -2.38. The van der Waals surface area contributed by atoms with Gasteiger partial charge < -0.3 is 9.73 Å². The second-order valence-electron chi connectivity index (χ2n) is 6.49. The van der Waals surface area contributed by atoms with Crippen molar-refractivity contribution in [2.24, 2.45) is 0 Å². The van der Waals surface area contributed by atoms with Crippen molar-refractivity contribution < 1.29 is 9.21 Å². The van der Waals surface area contributed by atoms with Crippen molar-refractivity contribution in [1.82, 2.24) is 15.2 Å². The number of carbonyl (C=O) groups is 1. The highest BCUT2D eigenvalue weighted by Crippen LogP contribution is 2.30. The van der Waals surface area contributed by atoms with E-state index in [4.69, 9.17) is 4.42 Å². The van der Waals surface area contributed by atoms with Crippen LogP contribution in [-0.4, -0.2) is 41.0 Å². The zero-order valence-corrected chi connectivity index (χ0v) is 14.1. The average molecular weight is 331 g/mol. The summed E-state index contributed by atoms with van der Waals surface area (Å²) < 4.78 is 5.69. The molecule has 1 amide bonds. The van der Waals surface area contributed by atoms with Gasteiger partial charge in [0.1, 0.15) is 5.76 Å². The summed E-state index contributed by atoms with van der Waals surface area (Å²) in [5.74, 6) is 1.38. The van der Waals surface area contributed by atoms with Crippen LogP contribution in [-0.2, 0) is 11.2 Å². The zero-order valence-electron chi connectivity index (χ0n) is 13.2. The van der Waals surface area contributed by atoms with E-state index in [-0.39, 0.29) is 11.9 Å². The van der Waals surface area contributed by atoms with Gasteiger partial charge in [0.25, 0.3) is 0 Å². The smallest absolute Gasteiger partial charge is 0.227 e. The van der Waals surface area contributed by atoms with Crippen LogP contribution in [0.5, 0.6) is 0 Å². The van der Waals surface area contributed by atoms with Gasteiger partial charge in [0, 0.05) is 36.1 Å². The van der Waals surface area contributed by atoms with E-state index in [9.17, 15) is 4.79 Å². The molecule has 0 bridgehead atoms. The third-order valence-electron chi connectivity index (χ3n) is 4.64. The van der Waals surface area contributed by atoms with Gasteiger partial charge in [0.15, 0.2) is 0 Å². The molecule has 1 atom stereocenters. The molecule has 3 heterocycles. The van der Waals surface area contributed by atoms with Gasteiger partial charge in [-0.3, -0.25) is 9.69 Å². The van der Waals surface area contributed by atoms with Crippen LogP contribution in [0.2, 0.25) is 0 Å². The normalized spacial score (nSPS) is 21.7. The van der Waals surface area contributed by atoms with Crippen molar-refractivity contribution in [3.63, 3.8) is 0 Å². The number of hydrogen-bond donors (Lipinski definition) is 1. The second-order valence-corrected chi connectivity index (χ2v) is 7.27. The van der Waals surface area contributed by atoms with Crippen LogP contribution in [0.3, 0.4) is 0 Å². The van der Waals surface area contributed by atoms with Crippen LogP contribution in [0.4, 0.5) is 0 Å². The highest BCUT2D eigenvalue weighted by Gasteiger charge is 2.34. The summed E-state index contributed by atoms with van der Waals surface area (Å²) in [7, 11) is 0. The minimum Gasteiger partial charge on any atom is -0.441 e. The summed E-state index contributed by atoms with van der Waals surface area (Å²) in [6, 6.07) is 3.04. The predicted molar refractivity (Wildman–Crippen MR) is 89.4 cm³/mol.